The highest BCUT2D eigenvalue weighted by Gasteiger charge is 2.58. The van der Waals surface area contributed by atoms with E-state index in [2.05, 4.69) is 17.2 Å². The predicted octanol–water partition coefficient (Wildman–Crippen LogP) is 3.38. The number of likely N-dealkylation sites (tertiary alicyclic amines) is 1. The van der Waals surface area contributed by atoms with Gasteiger partial charge in [-0.15, -0.1) is 0 Å². The Hall–Kier alpha value is -1.98. The number of aliphatic hydroxyl groups excluding tert-OH is 2. The summed E-state index contributed by atoms with van der Waals surface area (Å²) < 4.78 is 33.8. The van der Waals surface area contributed by atoms with Crippen LogP contribution in [0.4, 0.5) is 0 Å². The number of piperidine rings is 1. The third-order valence-corrected chi connectivity index (χ3v) is 12.8. The van der Waals surface area contributed by atoms with E-state index in [1.54, 1.807) is 37.8 Å². The highest BCUT2D eigenvalue weighted by atomic mass is 35.5. The van der Waals surface area contributed by atoms with E-state index in [9.17, 15) is 24.9 Å². The van der Waals surface area contributed by atoms with Crippen LogP contribution in [0.5, 0.6) is 0 Å². The predicted molar refractivity (Wildman–Crippen MR) is 205 cm³/mol. The zero-order valence-corrected chi connectivity index (χ0v) is 35.0. The van der Waals surface area contributed by atoms with Crippen molar-refractivity contribution in [3.63, 3.8) is 0 Å². The number of fused-ring (bicyclic) bond motifs is 3. The van der Waals surface area contributed by atoms with E-state index in [4.69, 9.17) is 35.3 Å². The van der Waals surface area contributed by atoms with Crippen LogP contribution in [-0.4, -0.2) is 148 Å². The molecule has 0 unspecified atom stereocenters. The largest absolute Gasteiger partial charge is 0.459 e. The van der Waals surface area contributed by atoms with Gasteiger partial charge in [-0.25, -0.2) is 4.98 Å². The first-order valence-electron chi connectivity index (χ1n) is 20.0. The molecular weight excluding hydrogens is 732 g/mol. The fourth-order valence-corrected chi connectivity index (χ4v) is 9.52. The average Bonchev–Trinajstić information content (AvgIpc) is 3.21. The third-order valence-electron chi connectivity index (χ3n) is 12.5. The number of amides is 1. The number of hydrogen-bond donors (Lipinski definition) is 4. The van der Waals surface area contributed by atoms with Gasteiger partial charge in [0.25, 0.3) is 5.91 Å². The lowest BCUT2D eigenvalue weighted by Gasteiger charge is -2.49. The Kier molecular flexibility index (Phi) is 14.0. The summed E-state index contributed by atoms with van der Waals surface area (Å²) in [6.07, 6.45) is -2.59. The van der Waals surface area contributed by atoms with Gasteiger partial charge in [-0.1, -0.05) is 32.4 Å². The molecule has 5 heterocycles. The second-order valence-corrected chi connectivity index (χ2v) is 17.7. The van der Waals surface area contributed by atoms with Crippen LogP contribution in [0.3, 0.4) is 0 Å². The first kappa shape index (κ1) is 44.1. The number of aromatic nitrogens is 1. The molecule has 4 saturated heterocycles. The smallest absolute Gasteiger partial charge is 0.311 e. The number of aliphatic hydroxyl groups is 3. The number of pyridine rings is 1. The molecule has 2 bridgehead atoms. The number of carbonyl (C=O) groups is 2. The van der Waals surface area contributed by atoms with Gasteiger partial charge in [0.2, 0.25) is 0 Å². The van der Waals surface area contributed by atoms with Crippen LogP contribution in [0, 0.1) is 17.8 Å². The summed E-state index contributed by atoms with van der Waals surface area (Å²) in [6, 6.07) is 2.56. The number of halogens is 1. The molecule has 4 aliphatic heterocycles. The molecule has 15 heteroatoms. The molecule has 1 spiro atoms. The van der Waals surface area contributed by atoms with E-state index in [0.717, 1.165) is 0 Å². The first-order chi connectivity index (χ1) is 25.7. The summed E-state index contributed by atoms with van der Waals surface area (Å²) >= 11 is 6.32. The van der Waals surface area contributed by atoms with E-state index in [1.807, 2.05) is 39.8 Å². The number of cyclic esters (lactones) is 1. The summed E-state index contributed by atoms with van der Waals surface area (Å²) in [4.78, 5) is 35.7. The molecule has 312 valence electrons. The van der Waals surface area contributed by atoms with Gasteiger partial charge in [-0.3, -0.25) is 9.59 Å². The maximum Gasteiger partial charge on any atom is 0.311 e. The lowest BCUT2D eigenvalue weighted by molar-refractivity contribution is -0.331. The van der Waals surface area contributed by atoms with E-state index in [1.165, 1.54) is 13.1 Å². The summed E-state index contributed by atoms with van der Waals surface area (Å²) in [5, 5.41) is 38.2. The van der Waals surface area contributed by atoms with Gasteiger partial charge in [0, 0.05) is 50.1 Å². The average molecular weight is 797 g/mol. The maximum atomic E-state index is 14.3. The molecule has 1 aromatic rings. The van der Waals surface area contributed by atoms with Gasteiger partial charge in [0.05, 0.1) is 35.4 Å². The Morgan fingerprint density at radius 1 is 1.15 bits per heavy atom. The first-order valence-corrected chi connectivity index (χ1v) is 20.4. The second-order valence-electron chi connectivity index (χ2n) is 17.3. The van der Waals surface area contributed by atoms with E-state index < -0.39 is 77.6 Å². The molecule has 14 nitrogen and oxygen atoms in total. The van der Waals surface area contributed by atoms with Crippen molar-refractivity contribution in [2.45, 2.75) is 159 Å². The van der Waals surface area contributed by atoms with E-state index in [-0.39, 0.29) is 61.5 Å². The van der Waals surface area contributed by atoms with Crippen molar-refractivity contribution in [2.24, 2.45) is 17.8 Å². The fraction of sp³-hybridized carbons (Fsp3) is 0.825. The van der Waals surface area contributed by atoms with Crippen LogP contribution < -0.4 is 5.32 Å². The Morgan fingerprint density at radius 3 is 2.44 bits per heavy atom. The van der Waals surface area contributed by atoms with Gasteiger partial charge < -0.3 is 54.1 Å². The topological polar surface area (TPSA) is 172 Å². The van der Waals surface area contributed by atoms with Crippen molar-refractivity contribution in [3.05, 3.63) is 29.0 Å². The normalized spacial score (nSPS) is 42.0. The number of ether oxygens (including phenoxy) is 5. The second kappa shape index (κ2) is 17.5. The minimum absolute atomic E-state index is 0.0565. The Labute approximate surface area is 331 Å². The van der Waals surface area contributed by atoms with Crippen LogP contribution in [0.15, 0.2) is 18.3 Å². The Bertz CT molecular complexity index is 1480. The number of likely N-dealkylation sites (N-methyl/N-ethyl adjacent to an activating group) is 1. The molecule has 4 fully saturated rings. The molecule has 0 radical (unpaired) electrons. The quantitative estimate of drug-likeness (QED) is 0.253. The molecule has 0 saturated carbocycles. The number of nitrogens with one attached hydrogen (secondary N) is 1. The van der Waals surface area contributed by atoms with Gasteiger partial charge in [-0.05, 0) is 92.6 Å². The molecule has 55 heavy (non-hydrogen) atoms. The minimum Gasteiger partial charge on any atom is -0.459 e. The Balaban J connectivity index is 1.58. The zero-order valence-electron chi connectivity index (χ0n) is 34.2. The highest BCUT2D eigenvalue weighted by molar-refractivity contribution is 6.32. The minimum atomic E-state index is -1.76. The number of rotatable bonds is 5. The van der Waals surface area contributed by atoms with Gasteiger partial charge in [0.1, 0.15) is 29.1 Å². The molecular formula is C40H65ClN4O10. The van der Waals surface area contributed by atoms with Gasteiger partial charge in [-0.2, -0.15) is 0 Å². The summed E-state index contributed by atoms with van der Waals surface area (Å²) in [5.74, 6) is -3.55. The van der Waals surface area contributed by atoms with Gasteiger partial charge in [0.15, 0.2) is 12.1 Å². The van der Waals surface area contributed by atoms with Crippen molar-refractivity contribution in [1.82, 2.24) is 20.1 Å². The van der Waals surface area contributed by atoms with E-state index >= 15 is 0 Å². The van der Waals surface area contributed by atoms with Crippen LogP contribution in [0.1, 0.15) is 97.9 Å². The van der Waals surface area contributed by atoms with Crippen molar-refractivity contribution < 1.29 is 48.6 Å². The lowest BCUT2D eigenvalue weighted by Crippen LogP contribution is -2.60. The number of hydrogen-bond acceptors (Lipinski definition) is 13. The SMILES string of the molecule is CC[C@H]1OC(=O)[C@H](C)[C@H]2OC3(CCN(C(=O)c4cccnc4Cl)CC3)O[C@](C)(C[C@@H](C)CN[C@H](C)[C@@H](O)[C@]1(C)O)[C@H](O[C@@H]1O[C@H](C)C[C@H](N(C)C)[C@H]1O)[C@H]2C. The summed E-state index contributed by atoms with van der Waals surface area (Å²) in [5.41, 5.74) is -2.52. The number of nitrogens with zero attached hydrogens (tertiary/aromatic N) is 3. The highest BCUT2D eigenvalue weighted by Crippen LogP contribution is 2.48. The lowest BCUT2D eigenvalue weighted by atomic mass is 9.78. The monoisotopic (exact) mass is 796 g/mol. The van der Waals surface area contributed by atoms with Crippen molar-refractivity contribution in [3.8, 4) is 0 Å². The molecule has 14 atom stereocenters. The molecule has 0 aliphatic carbocycles. The van der Waals surface area contributed by atoms with Crippen molar-refractivity contribution >= 4 is 23.5 Å². The molecule has 4 N–H and O–H groups in total. The standard InChI is InChI=1S/C40H65ClN4O10/c1-11-29-39(8,50)32(47)26(6)43-21-22(2)20-38(7)33(53-37-30(46)28(44(9)10)19-23(3)51-37)24(4)31(25(5)36(49)52-29)54-40(55-38)14-17-45(18-15-40)35(48)27-13-12-16-42-34(27)41/h12-13,16,22-26,28-33,37,43,46-47,50H,11,14-15,17-21H2,1-10H3/t22-,23-,24+,25-,26-,28+,29-,30-,31+,32-,33-,37+,38-,39-/m1/s1. The molecule has 0 aromatic carbocycles. The zero-order chi connectivity index (χ0) is 40.6. The maximum absolute atomic E-state index is 14.3. The van der Waals surface area contributed by atoms with Crippen LogP contribution in [0.25, 0.3) is 0 Å². The van der Waals surface area contributed by atoms with E-state index in [0.29, 0.717) is 24.9 Å². The fourth-order valence-electron chi connectivity index (χ4n) is 9.32. The van der Waals surface area contributed by atoms with Crippen LogP contribution >= 0.6 is 11.6 Å². The number of carbonyl (C=O) groups excluding carboxylic acids is 2. The van der Waals surface area contributed by atoms with Crippen molar-refractivity contribution in [1.29, 1.82) is 0 Å². The van der Waals surface area contributed by atoms with Crippen molar-refractivity contribution in [2.75, 3.05) is 33.7 Å². The van der Waals surface area contributed by atoms with Crippen LogP contribution in [0.2, 0.25) is 5.15 Å². The molecule has 1 amide bonds. The molecule has 5 rings (SSSR count). The van der Waals surface area contributed by atoms with Crippen LogP contribution in [-0.2, 0) is 28.5 Å². The van der Waals surface area contributed by atoms with Gasteiger partial charge >= 0.3 is 5.97 Å². The Morgan fingerprint density at radius 2 is 1.82 bits per heavy atom. The summed E-state index contributed by atoms with van der Waals surface area (Å²) in [7, 11) is 3.84. The molecule has 4 aliphatic rings. The summed E-state index contributed by atoms with van der Waals surface area (Å²) in [6.45, 7) is 15.8. The third kappa shape index (κ3) is 9.34. The number of esters is 1. The molecule has 1 aromatic heterocycles.